The molecule has 1 aromatic rings. The molecule has 2 rings (SSSR count). The van der Waals surface area contributed by atoms with Crippen LogP contribution in [0.1, 0.15) is 36.8 Å². The Morgan fingerprint density at radius 2 is 2.17 bits per heavy atom. The smallest absolute Gasteiger partial charge is 0.0992 e. The van der Waals surface area contributed by atoms with Crippen LogP contribution in [0.4, 0.5) is 0 Å². The van der Waals surface area contributed by atoms with Gasteiger partial charge in [0, 0.05) is 11.1 Å². The van der Waals surface area contributed by atoms with Gasteiger partial charge in [0.2, 0.25) is 0 Å². The van der Waals surface area contributed by atoms with Gasteiger partial charge in [0.15, 0.2) is 0 Å². The van der Waals surface area contributed by atoms with Crippen LogP contribution in [-0.4, -0.2) is 12.1 Å². The van der Waals surface area contributed by atoms with E-state index in [0.717, 1.165) is 18.4 Å². The van der Waals surface area contributed by atoms with Gasteiger partial charge >= 0.3 is 0 Å². The molecular formula is C14H17ClN2O. The fourth-order valence-electron chi connectivity index (χ4n) is 2.26. The summed E-state index contributed by atoms with van der Waals surface area (Å²) in [5.41, 5.74) is 7.50. The van der Waals surface area contributed by atoms with Crippen molar-refractivity contribution in [3.05, 3.63) is 34.3 Å². The van der Waals surface area contributed by atoms with E-state index < -0.39 is 0 Å². The number of hydrogen-bond acceptors (Lipinski definition) is 3. The molecule has 3 nitrogen and oxygen atoms in total. The highest BCUT2D eigenvalue weighted by atomic mass is 35.5. The van der Waals surface area contributed by atoms with Crippen LogP contribution in [0, 0.1) is 11.3 Å². The summed E-state index contributed by atoms with van der Waals surface area (Å²) in [5, 5.41) is 9.35. The van der Waals surface area contributed by atoms with E-state index in [2.05, 4.69) is 6.07 Å². The summed E-state index contributed by atoms with van der Waals surface area (Å²) in [7, 11) is 0. The minimum Gasteiger partial charge on any atom is -0.372 e. The lowest BCUT2D eigenvalue weighted by atomic mass is 9.93. The Morgan fingerprint density at radius 3 is 2.83 bits per heavy atom. The largest absolute Gasteiger partial charge is 0.372 e. The minimum atomic E-state index is 0.130. The molecule has 0 spiro atoms. The van der Waals surface area contributed by atoms with Crippen molar-refractivity contribution in [2.75, 3.05) is 0 Å². The van der Waals surface area contributed by atoms with Crippen molar-refractivity contribution in [1.82, 2.24) is 0 Å². The molecule has 0 saturated heterocycles. The number of benzene rings is 1. The van der Waals surface area contributed by atoms with Gasteiger partial charge in [0.1, 0.15) is 0 Å². The fraction of sp³-hybridized carbons (Fsp3) is 0.500. The zero-order chi connectivity index (χ0) is 13.0. The predicted molar refractivity (Wildman–Crippen MR) is 71.2 cm³/mol. The van der Waals surface area contributed by atoms with E-state index in [4.69, 9.17) is 27.3 Å². The Balaban J connectivity index is 1.95. The van der Waals surface area contributed by atoms with E-state index in [1.165, 1.54) is 12.8 Å². The van der Waals surface area contributed by atoms with E-state index in [0.29, 0.717) is 17.2 Å². The maximum Gasteiger partial charge on any atom is 0.0992 e. The van der Waals surface area contributed by atoms with Gasteiger partial charge in [-0.1, -0.05) is 30.5 Å². The highest BCUT2D eigenvalue weighted by Gasteiger charge is 2.22. The van der Waals surface area contributed by atoms with Crippen molar-refractivity contribution < 1.29 is 4.74 Å². The molecule has 1 aliphatic carbocycles. The number of hydrogen-bond donors (Lipinski definition) is 1. The van der Waals surface area contributed by atoms with Crippen molar-refractivity contribution in [2.24, 2.45) is 5.73 Å². The van der Waals surface area contributed by atoms with Gasteiger partial charge in [0.25, 0.3) is 0 Å². The maximum absolute atomic E-state index is 8.76. The molecule has 2 unspecified atom stereocenters. The summed E-state index contributed by atoms with van der Waals surface area (Å²) >= 11 is 6.10. The van der Waals surface area contributed by atoms with Gasteiger partial charge in [-0.15, -0.1) is 0 Å². The average Bonchev–Trinajstić information content (AvgIpc) is 2.39. The molecule has 2 N–H and O–H groups in total. The molecule has 0 heterocycles. The number of rotatable bonds is 3. The Bertz CT molecular complexity index is 456. The summed E-state index contributed by atoms with van der Waals surface area (Å²) < 4.78 is 5.84. The van der Waals surface area contributed by atoms with Gasteiger partial charge in [-0.3, -0.25) is 0 Å². The summed E-state index contributed by atoms with van der Waals surface area (Å²) in [6.45, 7) is 0.461. The van der Waals surface area contributed by atoms with Crippen LogP contribution in [0.2, 0.25) is 5.02 Å². The Hall–Kier alpha value is -1.08. The van der Waals surface area contributed by atoms with Crippen molar-refractivity contribution in [3.8, 4) is 6.07 Å². The van der Waals surface area contributed by atoms with E-state index in [-0.39, 0.29) is 12.1 Å². The van der Waals surface area contributed by atoms with Gasteiger partial charge in [-0.25, -0.2) is 0 Å². The van der Waals surface area contributed by atoms with Crippen molar-refractivity contribution in [1.29, 1.82) is 5.26 Å². The molecule has 0 bridgehead atoms. The summed E-state index contributed by atoms with van der Waals surface area (Å²) in [6, 6.07) is 7.46. The van der Waals surface area contributed by atoms with E-state index in [9.17, 15) is 0 Å². The Morgan fingerprint density at radius 1 is 1.39 bits per heavy atom. The van der Waals surface area contributed by atoms with Crippen LogP contribution in [0.15, 0.2) is 18.2 Å². The van der Waals surface area contributed by atoms with Gasteiger partial charge in [-0.05, 0) is 30.5 Å². The first kappa shape index (κ1) is 13.4. The second kappa shape index (κ2) is 6.19. The molecule has 0 aliphatic heterocycles. The van der Waals surface area contributed by atoms with Crippen LogP contribution in [0.5, 0.6) is 0 Å². The number of ether oxygens (including phenoxy) is 1. The Kier molecular flexibility index (Phi) is 4.60. The van der Waals surface area contributed by atoms with Gasteiger partial charge < -0.3 is 10.5 Å². The molecule has 18 heavy (non-hydrogen) atoms. The van der Waals surface area contributed by atoms with Crippen LogP contribution in [0.3, 0.4) is 0 Å². The molecule has 2 atom stereocenters. The van der Waals surface area contributed by atoms with Crippen LogP contribution < -0.4 is 5.73 Å². The van der Waals surface area contributed by atoms with Crippen molar-refractivity contribution in [3.63, 3.8) is 0 Å². The molecule has 0 amide bonds. The zero-order valence-corrected chi connectivity index (χ0v) is 11.0. The molecule has 1 aromatic carbocycles. The first-order chi connectivity index (χ1) is 8.70. The van der Waals surface area contributed by atoms with Crippen molar-refractivity contribution in [2.45, 2.75) is 44.4 Å². The number of nitrogens with zero attached hydrogens (tertiary/aromatic N) is 1. The quantitative estimate of drug-likeness (QED) is 0.913. The third-order valence-electron chi connectivity index (χ3n) is 3.39. The SMILES string of the molecule is N#Cc1ccc(COC2CCCCC2N)c(Cl)c1. The van der Waals surface area contributed by atoms with Crippen LogP contribution in [0.25, 0.3) is 0 Å². The standard InChI is InChI=1S/C14H17ClN2O/c15-12-7-10(8-16)5-6-11(12)9-18-14-4-2-1-3-13(14)17/h5-7,13-14H,1-4,9,17H2. The number of nitriles is 1. The minimum absolute atomic E-state index is 0.130. The predicted octanol–water partition coefficient (Wildman–Crippen LogP) is 3.00. The number of halogens is 1. The third kappa shape index (κ3) is 3.23. The first-order valence-corrected chi connectivity index (χ1v) is 6.64. The molecule has 1 aliphatic rings. The maximum atomic E-state index is 8.76. The Labute approximate surface area is 112 Å². The molecular weight excluding hydrogens is 248 g/mol. The monoisotopic (exact) mass is 264 g/mol. The molecule has 96 valence electrons. The lowest BCUT2D eigenvalue weighted by Crippen LogP contribution is -2.39. The molecule has 0 radical (unpaired) electrons. The fourth-order valence-corrected chi connectivity index (χ4v) is 2.50. The molecule has 1 fully saturated rings. The molecule has 0 aromatic heterocycles. The van der Waals surface area contributed by atoms with E-state index in [1.54, 1.807) is 12.1 Å². The summed E-state index contributed by atoms with van der Waals surface area (Å²) in [5.74, 6) is 0. The van der Waals surface area contributed by atoms with Crippen molar-refractivity contribution >= 4 is 11.6 Å². The third-order valence-corrected chi connectivity index (χ3v) is 3.74. The highest BCUT2D eigenvalue weighted by molar-refractivity contribution is 6.31. The van der Waals surface area contributed by atoms with Gasteiger partial charge in [-0.2, -0.15) is 5.26 Å². The molecule has 4 heteroatoms. The normalized spacial score (nSPS) is 23.6. The first-order valence-electron chi connectivity index (χ1n) is 6.26. The lowest BCUT2D eigenvalue weighted by Gasteiger charge is -2.28. The highest BCUT2D eigenvalue weighted by Crippen LogP contribution is 2.23. The second-order valence-electron chi connectivity index (χ2n) is 4.72. The number of nitrogens with two attached hydrogens (primary N) is 1. The van der Waals surface area contributed by atoms with E-state index in [1.807, 2.05) is 6.07 Å². The van der Waals surface area contributed by atoms with Crippen LogP contribution >= 0.6 is 11.6 Å². The lowest BCUT2D eigenvalue weighted by molar-refractivity contribution is 0.00408. The van der Waals surface area contributed by atoms with E-state index >= 15 is 0 Å². The second-order valence-corrected chi connectivity index (χ2v) is 5.12. The average molecular weight is 265 g/mol. The molecule has 1 saturated carbocycles. The zero-order valence-electron chi connectivity index (χ0n) is 10.2. The summed E-state index contributed by atoms with van der Waals surface area (Å²) in [4.78, 5) is 0. The topological polar surface area (TPSA) is 59.0 Å². The van der Waals surface area contributed by atoms with Crippen LogP contribution in [-0.2, 0) is 11.3 Å². The summed E-state index contributed by atoms with van der Waals surface area (Å²) in [6.07, 6.45) is 4.56. The van der Waals surface area contributed by atoms with Gasteiger partial charge in [0.05, 0.1) is 24.3 Å².